The van der Waals surface area contributed by atoms with E-state index < -0.39 is 0 Å². The average molecular weight is 395 g/mol. The van der Waals surface area contributed by atoms with Crippen LogP contribution >= 0.6 is 11.3 Å². The Hall–Kier alpha value is -2.93. The first-order valence-corrected chi connectivity index (χ1v) is 10.1. The molecule has 144 valence electrons. The van der Waals surface area contributed by atoms with Gasteiger partial charge in [0.15, 0.2) is 11.7 Å². The second-order valence-corrected chi connectivity index (χ2v) is 7.76. The fourth-order valence-electron chi connectivity index (χ4n) is 3.28. The van der Waals surface area contributed by atoms with Gasteiger partial charge in [-0.3, -0.25) is 9.59 Å². The summed E-state index contributed by atoms with van der Waals surface area (Å²) in [5.41, 5.74) is 0.890. The van der Waals surface area contributed by atoms with Crippen molar-refractivity contribution in [3.05, 3.63) is 54.6 Å². The number of aromatic nitrogens is 1. The van der Waals surface area contributed by atoms with Crippen molar-refractivity contribution in [2.75, 3.05) is 25.0 Å². The summed E-state index contributed by atoms with van der Waals surface area (Å²) in [5, 5.41) is 3.56. The minimum Gasteiger partial charge on any atom is -0.484 e. The second kappa shape index (κ2) is 8.39. The normalized spacial score (nSPS) is 14.8. The monoisotopic (exact) mass is 395 g/mol. The number of piperidine rings is 1. The Morgan fingerprint density at radius 3 is 2.54 bits per heavy atom. The van der Waals surface area contributed by atoms with E-state index in [9.17, 15) is 9.59 Å². The summed E-state index contributed by atoms with van der Waals surface area (Å²) >= 11 is 1.48. The topological polar surface area (TPSA) is 71.5 Å². The van der Waals surface area contributed by atoms with Gasteiger partial charge < -0.3 is 15.0 Å². The van der Waals surface area contributed by atoms with Crippen molar-refractivity contribution >= 4 is 38.5 Å². The number of para-hydroxylation sites is 2. The molecule has 1 aliphatic rings. The largest absolute Gasteiger partial charge is 0.484 e. The van der Waals surface area contributed by atoms with E-state index in [2.05, 4.69) is 10.3 Å². The molecule has 0 spiro atoms. The van der Waals surface area contributed by atoms with Gasteiger partial charge in [0.2, 0.25) is 5.91 Å². The van der Waals surface area contributed by atoms with E-state index in [0.717, 1.165) is 10.2 Å². The summed E-state index contributed by atoms with van der Waals surface area (Å²) in [6.45, 7) is 1.15. The Morgan fingerprint density at radius 1 is 1.07 bits per heavy atom. The number of hydrogen-bond acceptors (Lipinski definition) is 5. The van der Waals surface area contributed by atoms with Crippen molar-refractivity contribution in [3.63, 3.8) is 0 Å². The van der Waals surface area contributed by atoms with E-state index >= 15 is 0 Å². The maximum absolute atomic E-state index is 12.6. The van der Waals surface area contributed by atoms with E-state index in [0.29, 0.717) is 36.8 Å². The van der Waals surface area contributed by atoms with Crippen LogP contribution in [0.5, 0.6) is 5.75 Å². The molecule has 0 atom stereocenters. The number of amides is 2. The SMILES string of the molecule is O=C(Nc1nc2ccccc2s1)C1CCN(C(=O)COc2ccccc2)CC1. The number of carbonyl (C=O) groups is 2. The van der Waals surface area contributed by atoms with Crippen molar-refractivity contribution in [2.24, 2.45) is 5.92 Å². The number of carbonyl (C=O) groups excluding carboxylic acids is 2. The maximum atomic E-state index is 12.6. The Balaban J connectivity index is 1.26. The molecule has 28 heavy (non-hydrogen) atoms. The highest BCUT2D eigenvalue weighted by atomic mass is 32.1. The number of fused-ring (bicyclic) bond motifs is 1. The molecular weight excluding hydrogens is 374 g/mol. The lowest BCUT2D eigenvalue weighted by molar-refractivity contribution is -0.136. The van der Waals surface area contributed by atoms with Crippen molar-refractivity contribution in [3.8, 4) is 5.75 Å². The van der Waals surface area contributed by atoms with Gasteiger partial charge in [0, 0.05) is 19.0 Å². The van der Waals surface area contributed by atoms with Gasteiger partial charge in [-0.1, -0.05) is 41.7 Å². The number of likely N-dealkylation sites (tertiary alicyclic amines) is 1. The van der Waals surface area contributed by atoms with Crippen LogP contribution < -0.4 is 10.1 Å². The first-order valence-electron chi connectivity index (χ1n) is 9.31. The van der Waals surface area contributed by atoms with Gasteiger partial charge in [-0.25, -0.2) is 4.98 Å². The van der Waals surface area contributed by atoms with Crippen LogP contribution in [-0.4, -0.2) is 41.4 Å². The molecule has 4 rings (SSSR count). The molecule has 1 N–H and O–H groups in total. The van der Waals surface area contributed by atoms with Crippen LogP contribution in [0.15, 0.2) is 54.6 Å². The van der Waals surface area contributed by atoms with E-state index in [-0.39, 0.29) is 24.3 Å². The van der Waals surface area contributed by atoms with Gasteiger partial charge in [-0.2, -0.15) is 0 Å². The first-order chi connectivity index (χ1) is 13.7. The maximum Gasteiger partial charge on any atom is 0.260 e. The van der Waals surface area contributed by atoms with Crippen LogP contribution in [0.3, 0.4) is 0 Å². The number of ether oxygens (including phenoxy) is 1. The van der Waals surface area contributed by atoms with E-state index in [4.69, 9.17) is 4.74 Å². The molecule has 3 aromatic rings. The molecule has 2 aromatic carbocycles. The van der Waals surface area contributed by atoms with E-state index in [1.807, 2.05) is 54.6 Å². The summed E-state index contributed by atoms with van der Waals surface area (Å²) in [4.78, 5) is 31.1. The van der Waals surface area contributed by atoms with Gasteiger partial charge in [-0.15, -0.1) is 0 Å². The third-order valence-corrected chi connectivity index (χ3v) is 5.80. The van der Waals surface area contributed by atoms with Gasteiger partial charge in [0.05, 0.1) is 10.2 Å². The number of thiazole rings is 1. The van der Waals surface area contributed by atoms with Gasteiger partial charge >= 0.3 is 0 Å². The average Bonchev–Trinajstić information content (AvgIpc) is 3.15. The fraction of sp³-hybridized carbons (Fsp3) is 0.286. The minimum absolute atomic E-state index is 0.0204. The van der Waals surface area contributed by atoms with Crippen molar-refractivity contribution in [2.45, 2.75) is 12.8 Å². The van der Waals surface area contributed by atoms with Crippen molar-refractivity contribution in [1.29, 1.82) is 0 Å². The molecule has 6 nitrogen and oxygen atoms in total. The number of rotatable bonds is 5. The second-order valence-electron chi connectivity index (χ2n) is 6.73. The molecule has 2 amide bonds. The smallest absolute Gasteiger partial charge is 0.260 e. The summed E-state index contributed by atoms with van der Waals surface area (Å²) in [5.74, 6) is 0.507. The molecule has 1 aromatic heterocycles. The van der Waals surface area contributed by atoms with Gasteiger partial charge in [0.1, 0.15) is 5.75 Å². The van der Waals surface area contributed by atoms with E-state index in [1.54, 1.807) is 4.90 Å². The zero-order valence-corrected chi connectivity index (χ0v) is 16.2. The lowest BCUT2D eigenvalue weighted by Crippen LogP contribution is -2.43. The number of hydrogen-bond donors (Lipinski definition) is 1. The van der Waals surface area contributed by atoms with Crippen LogP contribution in [0.25, 0.3) is 10.2 Å². The Morgan fingerprint density at radius 2 is 1.79 bits per heavy atom. The highest BCUT2D eigenvalue weighted by Gasteiger charge is 2.28. The first kappa shape index (κ1) is 18.4. The van der Waals surface area contributed by atoms with Crippen molar-refractivity contribution in [1.82, 2.24) is 9.88 Å². The summed E-state index contributed by atoms with van der Waals surface area (Å²) in [6.07, 6.45) is 1.29. The van der Waals surface area contributed by atoms with Crippen LogP contribution in [0.2, 0.25) is 0 Å². The standard InChI is InChI=1S/C21H21N3O3S/c25-19(14-27-16-6-2-1-3-7-16)24-12-10-15(11-13-24)20(26)23-21-22-17-8-4-5-9-18(17)28-21/h1-9,15H,10-14H2,(H,22,23,26). The lowest BCUT2D eigenvalue weighted by atomic mass is 9.96. The minimum atomic E-state index is -0.105. The Labute approximate surface area is 167 Å². The van der Waals surface area contributed by atoms with Gasteiger partial charge in [-0.05, 0) is 37.1 Å². The van der Waals surface area contributed by atoms with Crippen LogP contribution in [-0.2, 0) is 9.59 Å². The summed E-state index contributed by atoms with van der Waals surface area (Å²) < 4.78 is 6.58. The molecule has 1 saturated heterocycles. The Bertz CT molecular complexity index is 932. The molecule has 1 aliphatic heterocycles. The number of anilines is 1. The molecule has 7 heteroatoms. The predicted molar refractivity (Wildman–Crippen MR) is 109 cm³/mol. The number of benzene rings is 2. The molecule has 2 heterocycles. The molecule has 0 radical (unpaired) electrons. The zero-order chi connectivity index (χ0) is 19.3. The fourth-order valence-corrected chi connectivity index (χ4v) is 4.15. The molecule has 0 unspecified atom stereocenters. The zero-order valence-electron chi connectivity index (χ0n) is 15.3. The molecular formula is C21H21N3O3S. The predicted octanol–water partition coefficient (Wildman–Crippen LogP) is 3.55. The Kier molecular flexibility index (Phi) is 5.53. The van der Waals surface area contributed by atoms with Crippen LogP contribution in [0.4, 0.5) is 5.13 Å². The number of nitrogens with one attached hydrogen (secondary N) is 1. The summed E-state index contributed by atoms with van der Waals surface area (Å²) in [6, 6.07) is 17.1. The van der Waals surface area contributed by atoms with E-state index in [1.165, 1.54) is 11.3 Å². The molecule has 0 aliphatic carbocycles. The van der Waals surface area contributed by atoms with Crippen LogP contribution in [0, 0.1) is 5.92 Å². The lowest BCUT2D eigenvalue weighted by Gasteiger charge is -2.31. The highest BCUT2D eigenvalue weighted by Crippen LogP contribution is 2.27. The quantitative estimate of drug-likeness (QED) is 0.717. The van der Waals surface area contributed by atoms with Gasteiger partial charge in [0.25, 0.3) is 5.91 Å². The molecule has 0 saturated carbocycles. The number of nitrogens with zero attached hydrogens (tertiary/aromatic N) is 2. The molecule has 0 bridgehead atoms. The summed E-state index contributed by atoms with van der Waals surface area (Å²) in [7, 11) is 0. The highest BCUT2D eigenvalue weighted by molar-refractivity contribution is 7.22. The van der Waals surface area contributed by atoms with Crippen LogP contribution in [0.1, 0.15) is 12.8 Å². The van der Waals surface area contributed by atoms with Crippen molar-refractivity contribution < 1.29 is 14.3 Å². The third-order valence-electron chi connectivity index (χ3n) is 4.85. The molecule has 1 fully saturated rings. The third kappa shape index (κ3) is 4.31.